The van der Waals surface area contributed by atoms with E-state index in [0.29, 0.717) is 16.8 Å². The number of aryl methyl sites for hydroxylation is 1. The van der Waals surface area contributed by atoms with Gasteiger partial charge in [-0.05, 0) is 49.7 Å². The predicted molar refractivity (Wildman–Crippen MR) is 109 cm³/mol. The summed E-state index contributed by atoms with van der Waals surface area (Å²) in [6.07, 6.45) is 4.43. The Hall–Kier alpha value is -3.26. The van der Waals surface area contributed by atoms with E-state index in [-0.39, 0.29) is 11.2 Å². The summed E-state index contributed by atoms with van der Waals surface area (Å²) in [5, 5.41) is 4.06. The molecular formula is C21H20FN5O2. The van der Waals surface area contributed by atoms with Gasteiger partial charge in [-0.2, -0.15) is 4.98 Å². The summed E-state index contributed by atoms with van der Waals surface area (Å²) in [7, 11) is 0. The van der Waals surface area contributed by atoms with Gasteiger partial charge in [0.1, 0.15) is 5.82 Å². The van der Waals surface area contributed by atoms with Crippen LogP contribution in [0.5, 0.6) is 0 Å². The summed E-state index contributed by atoms with van der Waals surface area (Å²) < 4.78 is 21.3. The highest BCUT2D eigenvalue weighted by atomic mass is 19.1. The first-order chi connectivity index (χ1) is 14.1. The second-order valence-corrected chi connectivity index (χ2v) is 7.32. The van der Waals surface area contributed by atoms with E-state index in [4.69, 9.17) is 4.42 Å². The lowest BCUT2D eigenvalue weighted by atomic mass is 10.2. The summed E-state index contributed by atoms with van der Waals surface area (Å²) >= 11 is 0. The number of pyridine rings is 2. The average Bonchev–Trinajstić information content (AvgIpc) is 2.93. The molecule has 0 aromatic carbocycles. The van der Waals surface area contributed by atoms with E-state index >= 15 is 0 Å². The van der Waals surface area contributed by atoms with Crippen LogP contribution in [0.4, 0.5) is 10.2 Å². The van der Waals surface area contributed by atoms with Crippen molar-refractivity contribution >= 4 is 22.6 Å². The molecule has 0 aliphatic carbocycles. The summed E-state index contributed by atoms with van der Waals surface area (Å²) in [6, 6.07) is 6.94. The van der Waals surface area contributed by atoms with Crippen molar-refractivity contribution in [3.8, 4) is 11.3 Å². The summed E-state index contributed by atoms with van der Waals surface area (Å²) in [5.41, 5.74) is 1.34. The SMILES string of the molecule is Cc1cc(F)c2nc(-c3cc4ccc(N5CCCNCC5)nc4oc3=O)cn2c1. The lowest BCUT2D eigenvalue weighted by Crippen LogP contribution is -2.28. The van der Waals surface area contributed by atoms with Crippen molar-refractivity contribution in [3.05, 3.63) is 58.5 Å². The smallest absolute Gasteiger partial charge is 0.347 e. The minimum atomic E-state index is -0.541. The average molecular weight is 393 g/mol. The Morgan fingerprint density at radius 3 is 2.93 bits per heavy atom. The maximum absolute atomic E-state index is 14.2. The van der Waals surface area contributed by atoms with Gasteiger partial charge >= 0.3 is 5.63 Å². The third-order valence-corrected chi connectivity index (χ3v) is 5.17. The molecule has 0 saturated carbocycles. The minimum Gasteiger partial charge on any atom is -0.403 e. The van der Waals surface area contributed by atoms with Crippen molar-refractivity contribution < 1.29 is 8.81 Å². The van der Waals surface area contributed by atoms with Gasteiger partial charge in [-0.15, -0.1) is 0 Å². The fourth-order valence-corrected chi connectivity index (χ4v) is 3.74. The molecule has 1 fully saturated rings. The molecule has 5 rings (SSSR count). The van der Waals surface area contributed by atoms with Crippen molar-refractivity contribution in [1.82, 2.24) is 19.7 Å². The lowest BCUT2D eigenvalue weighted by Gasteiger charge is -2.20. The summed E-state index contributed by atoms with van der Waals surface area (Å²) in [5.74, 6) is 0.363. The molecule has 8 heteroatoms. The zero-order chi connectivity index (χ0) is 20.0. The largest absolute Gasteiger partial charge is 0.403 e. The van der Waals surface area contributed by atoms with Crippen LogP contribution >= 0.6 is 0 Å². The van der Waals surface area contributed by atoms with Crippen molar-refractivity contribution in [2.75, 3.05) is 31.1 Å². The van der Waals surface area contributed by atoms with Crippen LogP contribution < -0.4 is 15.8 Å². The number of imidazole rings is 1. The quantitative estimate of drug-likeness (QED) is 0.564. The maximum atomic E-state index is 14.2. The topological polar surface area (TPSA) is 75.7 Å². The zero-order valence-corrected chi connectivity index (χ0v) is 16.0. The van der Waals surface area contributed by atoms with E-state index in [1.807, 2.05) is 12.1 Å². The van der Waals surface area contributed by atoms with Gasteiger partial charge in [-0.3, -0.25) is 0 Å². The number of hydrogen-bond donors (Lipinski definition) is 1. The van der Waals surface area contributed by atoms with Crippen LogP contribution in [-0.4, -0.2) is 40.5 Å². The fraction of sp³-hybridized carbons (Fsp3) is 0.286. The molecule has 0 atom stereocenters. The second kappa shape index (κ2) is 6.97. The number of rotatable bonds is 2. The second-order valence-electron chi connectivity index (χ2n) is 7.32. The first-order valence-electron chi connectivity index (χ1n) is 9.64. The van der Waals surface area contributed by atoms with Crippen molar-refractivity contribution in [1.29, 1.82) is 0 Å². The van der Waals surface area contributed by atoms with E-state index in [1.54, 1.807) is 29.8 Å². The molecule has 0 radical (unpaired) electrons. The molecule has 1 N–H and O–H groups in total. The third kappa shape index (κ3) is 3.25. The van der Waals surface area contributed by atoms with Crippen molar-refractivity contribution in [3.63, 3.8) is 0 Å². The molecule has 7 nitrogen and oxygen atoms in total. The van der Waals surface area contributed by atoms with Crippen LogP contribution in [-0.2, 0) is 0 Å². The van der Waals surface area contributed by atoms with Crippen LogP contribution in [0.15, 0.2) is 45.9 Å². The Morgan fingerprint density at radius 1 is 1.14 bits per heavy atom. The number of fused-ring (bicyclic) bond motifs is 2. The molecule has 0 spiro atoms. The molecule has 4 aromatic heterocycles. The van der Waals surface area contributed by atoms with E-state index in [1.165, 1.54) is 6.07 Å². The van der Waals surface area contributed by atoms with Crippen LogP contribution in [0.2, 0.25) is 0 Å². The van der Waals surface area contributed by atoms with E-state index in [0.717, 1.165) is 44.0 Å². The van der Waals surface area contributed by atoms with E-state index in [2.05, 4.69) is 20.2 Å². The Morgan fingerprint density at radius 2 is 2.03 bits per heavy atom. The van der Waals surface area contributed by atoms with Gasteiger partial charge in [-0.25, -0.2) is 14.2 Å². The third-order valence-electron chi connectivity index (χ3n) is 5.17. The molecule has 0 amide bonds. The predicted octanol–water partition coefficient (Wildman–Crippen LogP) is 2.75. The van der Waals surface area contributed by atoms with Crippen LogP contribution in [0.3, 0.4) is 0 Å². The highest BCUT2D eigenvalue weighted by molar-refractivity contribution is 5.80. The van der Waals surface area contributed by atoms with Gasteiger partial charge < -0.3 is 19.0 Å². The highest BCUT2D eigenvalue weighted by Gasteiger charge is 2.16. The van der Waals surface area contributed by atoms with Gasteiger partial charge in [0.2, 0.25) is 5.71 Å². The number of anilines is 1. The first kappa shape index (κ1) is 17.8. The van der Waals surface area contributed by atoms with Gasteiger partial charge in [0.05, 0.1) is 11.3 Å². The van der Waals surface area contributed by atoms with Crippen LogP contribution in [0.1, 0.15) is 12.0 Å². The highest BCUT2D eigenvalue weighted by Crippen LogP contribution is 2.24. The molecule has 0 unspecified atom stereocenters. The van der Waals surface area contributed by atoms with Gasteiger partial charge in [-0.1, -0.05) is 0 Å². The molecule has 5 heterocycles. The maximum Gasteiger partial charge on any atom is 0.347 e. The standard InChI is InChI=1S/C21H20FN5O2/c1-13-9-16(22)19-24-17(12-27(19)11-13)15-10-14-3-4-18(25-20(14)29-21(15)28)26-7-2-5-23-6-8-26/h3-4,9-12,23H,2,5-8H2,1H3. The molecule has 1 saturated heterocycles. The first-order valence-corrected chi connectivity index (χ1v) is 9.64. The summed E-state index contributed by atoms with van der Waals surface area (Å²) in [4.78, 5) is 23.6. The molecule has 1 aliphatic rings. The molecule has 148 valence electrons. The Balaban J connectivity index is 1.57. The lowest BCUT2D eigenvalue weighted by molar-refractivity contribution is 0.551. The van der Waals surface area contributed by atoms with Gasteiger partial charge in [0.15, 0.2) is 11.5 Å². The van der Waals surface area contributed by atoms with Gasteiger partial charge in [0, 0.05) is 37.4 Å². The Labute approximate surface area is 165 Å². The van der Waals surface area contributed by atoms with Crippen molar-refractivity contribution in [2.24, 2.45) is 0 Å². The zero-order valence-electron chi connectivity index (χ0n) is 16.0. The van der Waals surface area contributed by atoms with Crippen LogP contribution in [0, 0.1) is 12.7 Å². The number of hydrogen-bond acceptors (Lipinski definition) is 6. The minimum absolute atomic E-state index is 0.174. The fourth-order valence-electron chi connectivity index (χ4n) is 3.74. The van der Waals surface area contributed by atoms with Crippen molar-refractivity contribution in [2.45, 2.75) is 13.3 Å². The van der Waals surface area contributed by atoms with Gasteiger partial charge in [0.25, 0.3) is 0 Å². The Kier molecular flexibility index (Phi) is 4.28. The normalized spacial score (nSPS) is 15.2. The van der Waals surface area contributed by atoms with E-state index < -0.39 is 11.4 Å². The Bertz CT molecular complexity index is 1270. The molecule has 4 aromatic rings. The number of nitrogens with zero attached hydrogens (tertiary/aromatic N) is 4. The summed E-state index contributed by atoms with van der Waals surface area (Å²) in [6.45, 7) is 5.44. The number of halogens is 1. The van der Waals surface area contributed by atoms with Crippen LogP contribution in [0.25, 0.3) is 28.0 Å². The molecule has 0 bridgehead atoms. The molecule has 29 heavy (non-hydrogen) atoms. The molecule has 1 aliphatic heterocycles. The number of aromatic nitrogens is 3. The number of nitrogens with one attached hydrogen (secondary N) is 1. The molecular weight excluding hydrogens is 373 g/mol. The monoisotopic (exact) mass is 393 g/mol. The van der Waals surface area contributed by atoms with E-state index in [9.17, 15) is 9.18 Å².